The van der Waals surface area contributed by atoms with E-state index in [9.17, 15) is 0 Å². The molecule has 0 atom stereocenters. The Hall–Kier alpha value is -5.48. The summed E-state index contributed by atoms with van der Waals surface area (Å²) in [5.41, 5.74) is 14.5. The Kier molecular flexibility index (Phi) is 11.8. The SMILES string of the molecule is CCc1ccc(COc2c(C)cc(Oc3c(C)cc(C(C)(C)c4cc(C)c(Oc5cc(C)c(OCc6ccccc6)c(C)c5)c(C)c4)cc3C)cc2C)cc1. The van der Waals surface area contributed by atoms with Crippen LogP contribution in [0, 0.1) is 55.4 Å². The molecule has 6 aromatic carbocycles. The molecule has 6 aromatic rings. The van der Waals surface area contributed by atoms with Gasteiger partial charge in [-0.05, 0) is 158 Å². The van der Waals surface area contributed by atoms with E-state index in [4.69, 9.17) is 18.9 Å². The van der Waals surface area contributed by atoms with Crippen LogP contribution in [0.5, 0.6) is 34.5 Å². The first-order valence-electron chi connectivity index (χ1n) is 19.4. The maximum Gasteiger partial charge on any atom is 0.133 e. The number of rotatable bonds is 13. The van der Waals surface area contributed by atoms with Crippen LogP contribution in [0.15, 0.2) is 103 Å². The van der Waals surface area contributed by atoms with Gasteiger partial charge in [-0.15, -0.1) is 0 Å². The molecule has 284 valence electrons. The largest absolute Gasteiger partial charge is 0.488 e. The Bertz CT molecular complexity index is 2210. The summed E-state index contributed by atoms with van der Waals surface area (Å²) in [6, 6.07) is 36.3. The van der Waals surface area contributed by atoms with Gasteiger partial charge >= 0.3 is 0 Å². The lowest BCUT2D eigenvalue weighted by Gasteiger charge is -2.29. The monoisotopic (exact) mass is 732 g/mol. The zero-order chi connectivity index (χ0) is 39.4. The van der Waals surface area contributed by atoms with Gasteiger partial charge in [-0.3, -0.25) is 0 Å². The van der Waals surface area contributed by atoms with Crippen LogP contribution in [0.2, 0.25) is 0 Å². The minimum atomic E-state index is -0.254. The third kappa shape index (κ3) is 8.92. The highest BCUT2D eigenvalue weighted by atomic mass is 16.5. The quantitative estimate of drug-likeness (QED) is 0.118. The van der Waals surface area contributed by atoms with E-state index < -0.39 is 0 Å². The van der Waals surface area contributed by atoms with Gasteiger partial charge in [0.1, 0.15) is 47.7 Å². The second-order valence-corrected chi connectivity index (χ2v) is 15.7. The number of benzene rings is 6. The van der Waals surface area contributed by atoms with E-state index in [0.717, 1.165) is 96.6 Å². The van der Waals surface area contributed by atoms with E-state index in [2.05, 4.69) is 161 Å². The molecule has 55 heavy (non-hydrogen) atoms. The Balaban J connectivity index is 1.17. The Morgan fingerprint density at radius 1 is 0.400 bits per heavy atom. The fraction of sp³-hybridized carbons (Fsp3) is 0.294. The van der Waals surface area contributed by atoms with E-state index >= 15 is 0 Å². The van der Waals surface area contributed by atoms with Crippen molar-refractivity contribution in [3.05, 3.63) is 175 Å². The summed E-state index contributed by atoms with van der Waals surface area (Å²) in [4.78, 5) is 0. The van der Waals surface area contributed by atoms with Crippen molar-refractivity contribution >= 4 is 0 Å². The zero-order valence-electron chi connectivity index (χ0n) is 34.6. The molecule has 0 saturated carbocycles. The molecule has 0 aliphatic carbocycles. The number of hydrogen-bond acceptors (Lipinski definition) is 4. The second kappa shape index (κ2) is 16.5. The minimum absolute atomic E-state index is 0.254. The fourth-order valence-electron chi connectivity index (χ4n) is 7.50. The average molecular weight is 733 g/mol. The summed E-state index contributed by atoms with van der Waals surface area (Å²) < 4.78 is 25.7. The molecule has 0 radical (unpaired) electrons. The van der Waals surface area contributed by atoms with Crippen molar-refractivity contribution in [1.29, 1.82) is 0 Å². The third-order valence-corrected chi connectivity index (χ3v) is 10.7. The van der Waals surface area contributed by atoms with E-state index in [1.807, 2.05) is 18.2 Å². The topological polar surface area (TPSA) is 36.9 Å². The maximum atomic E-state index is 6.61. The van der Waals surface area contributed by atoms with Crippen LogP contribution in [-0.2, 0) is 25.0 Å². The number of ether oxygens (including phenoxy) is 4. The molecule has 4 heteroatoms. The summed E-state index contributed by atoms with van der Waals surface area (Å²) in [5, 5.41) is 0. The van der Waals surface area contributed by atoms with Crippen molar-refractivity contribution in [1.82, 2.24) is 0 Å². The smallest absolute Gasteiger partial charge is 0.133 e. The van der Waals surface area contributed by atoms with Crippen LogP contribution in [0.25, 0.3) is 0 Å². The first-order chi connectivity index (χ1) is 26.2. The van der Waals surface area contributed by atoms with Crippen LogP contribution >= 0.6 is 0 Å². The Morgan fingerprint density at radius 2 is 0.727 bits per heavy atom. The normalized spacial score (nSPS) is 11.4. The summed E-state index contributed by atoms with van der Waals surface area (Å²) in [6.45, 7) is 24.7. The molecule has 0 fully saturated rings. The molecule has 6 rings (SSSR count). The van der Waals surface area contributed by atoms with Crippen LogP contribution in [0.4, 0.5) is 0 Å². The molecular weight excluding hydrogens is 677 g/mol. The molecule has 0 heterocycles. The third-order valence-electron chi connectivity index (χ3n) is 10.7. The van der Waals surface area contributed by atoms with Crippen molar-refractivity contribution in [3.63, 3.8) is 0 Å². The van der Waals surface area contributed by atoms with Crippen LogP contribution in [0.3, 0.4) is 0 Å². The highest BCUT2D eigenvalue weighted by Crippen LogP contribution is 2.42. The van der Waals surface area contributed by atoms with Crippen LogP contribution < -0.4 is 18.9 Å². The Labute approximate surface area is 329 Å². The predicted octanol–water partition coefficient (Wildman–Crippen LogP) is 13.8. The zero-order valence-corrected chi connectivity index (χ0v) is 34.6. The van der Waals surface area contributed by atoms with Crippen molar-refractivity contribution < 1.29 is 18.9 Å². The van der Waals surface area contributed by atoms with Crippen molar-refractivity contribution in [2.75, 3.05) is 0 Å². The molecule has 4 nitrogen and oxygen atoms in total. The molecule has 0 bridgehead atoms. The van der Waals surface area contributed by atoms with Crippen molar-refractivity contribution in [2.24, 2.45) is 0 Å². The summed E-state index contributed by atoms with van der Waals surface area (Å²) in [6.07, 6.45) is 1.04. The molecular formula is C51H56O4. The molecule has 0 aromatic heterocycles. The number of aryl methyl sites for hydroxylation is 9. The number of hydrogen-bond donors (Lipinski definition) is 0. The highest BCUT2D eigenvalue weighted by molar-refractivity contribution is 5.55. The second-order valence-electron chi connectivity index (χ2n) is 15.7. The average Bonchev–Trinajstić information content (AvgIpc) is 3.14. The molecule has 0 saturated heterocycles. The molecule has 0 aliphatic heterocycles. The molecule has 0 amide bonds. The van der Waals surface area contributed by atoms with Gasteiger partial charge in [0.15, 0.2) is 0 Å². The first kappa shape index (κ1) is 39.2. The first-order valence-corrected chi connectivity index (χ1v) is 19.4. The van der Waals surface area contributed by atoms with Crippen molar-refractivity contribution in [2.45, 2.75) is 101 Å². The van der Waals surface area contributed by atoms with Gasteiger partial charge < -0.3 is 18.9 Å². The Morgan fingerprint density at radius 3 is 1.09 bits per heavy atom. The van der Waals surface area contributed by atoms with Crippen LogP contribution in [0.1, 0.15) is 93.1 Å². The van der Waals surface area contributed by atoms with Gasteiger partial charge in [0.05, 0.1) is 0 Å². The molecule has 0 N–H and O–H groups in total. The minimum Gasteiger partial charge on any atom is -0.488 e. The lowest BCUT2D eigenvalue weighted by Crippen LogP contribution is -2.20. The summed E-state index contributed by atoms with van der Waals surface area (Å²) in [5.74, 6) is 5.22. The molecule has 0 aliphatic rings. The molecule has 0 unspecified atom stereocenters. The van der Waals surface area contributed by atoms with E-state index in [1.165, 1.54) is 16.7 Å². The lowest BCUT2D eigenvalue weighted by atomic mass is 9.76. The van der Waals surface area contributed by atoms with Crippen LogP contribution in [-0.4, -0.2) is 0 Å². The highest BCUT2D eigenvalue weighted by Gasteiger charge is 2.27. The van der Waals surface area contributed by atoms with Gasteiger partial charge in [0.25, 0.3) is 0 Å². The van der Waals surface area contributed by atoms with Gasteiger partial charge in [-0.2, -0.15) is 0 Å². The van der Waals surface area contributed by atoms with Gasteiger partial charge in [0, 0.05) is 5.41 Å². The van der Waals surface area contributed by atoms with Gasteiger partial charge in [-0.25, -0.2) is 0 Å². The van der Waals surface area contributed by atoms with Crippen molar-refractivity contribution in [3.8, 4) is 34.5 Å². The van der Waals surface area contributed by atoms with Gasteiger partial charge in [0.2, 0.25) is 0 Å². The summed E-state index contributed by atoms with van der Waals surface area (Å²) >= 11 is 0. The van der Waals surface area contributed by atoms with E-state index in [0.29, 0.717) is 13.2 Å². The van der Waals surface area contributed by atoms with E-state index in [1.54, 1.807) is 0 Å². The lowest BCUT2D eigenvalue weighted by molar-refractivity contribution is 0.301. The molecule has 0 spiro atoms. The predicted molar refractivity (Wildman–Crippen MR) is 227 cm³/mol. The van der Waals surface area contributed by atoms with E-state index in [-0.39, 0.29) is 5.41 Å². The standard InChI is InChI=1S/C51H56O4/c1-12-40-18-20-42(21-19-40)31-53-48-38(8)28-46(29-39(48)9)55-50-34(4)24-44(25-35(50)5)51(10,11)43-22-32(2)49(33(3)23-43)54-45-26-36(6)47(37(7)27-45)52-30-41-16-14-13-15-17-41/h13-29H,12,30-31H2,1-11H3. The van der Waals surface area contributed by atoms with Gasteiger partial charge in [-0.1, -0.05) is 99.6 Å². The maximum absolute atomic E-state index is 6.61. The summed E-state index contributed by atoms with van der Waals surface area (Å²) in [7, 11) is 0. The fourth-order valence-corrected chi connectivity index (χ4v) is 7.50.